The third kappa shape index (κ3) is 2.74. The lowest BCUT2D eigenvalue weighted by molar-refractivity contribution is -0.139. The molecule has 1 aromatic carbocycles. The number of carbonyl (C=O) groups excluding carboxylic acids is 2. The molecule has 2 saturated heterocycles. The first-order chi connectivity index (χ1) is 13.2. The van der Waals surface area contributed by atoms with Crippen LogP contribution in [0.5, 0.6) is 0 Å². The summed E-state index contributed by atoms with van der Waals surface area (Å²) in [7, 11) is 0. The predicted octanol–water partition coefficient (Wildman–Crippen LogP) is 2.75. The van der Waals surface area contributed by atoms with E-state index >= 15 is 0 Å². The van der Waals surface area contributed by atoms with Crippen molar-refractivity contribution in [1.29, 1.82) is 0 Å². The molecule has 1 aliphatic carbocycles. The van der Waals surface area contributed by atoms with Gasteiger partial charge in [0, 0.05) is 43.5 Å². The van der Waals surface area contributed by atoms with Gasteiger partial charge in [0.25, 0.3) is 5.91 Å². The molecule has 3 fully saturated rings. The minimum atomic E-state index is -0.0816. The first kappa shape index (κ1) is 16.5. The molecule has 0 spiro atoms. The number of hydrogen-bond acceptors (Lipinski definition) is 4. The Labute approximate surface area is 158 Å². The van der Waals surface area contributed by atoms with E-state index in [-0.39, 0.29) is 23.8 Å². The van der Waals surface area contributed by atoms with E-state index in [9.17, 15) is 9.59 Å². The van der Waals surface area contributed by atoms with Gasteiger partial charge in [-0.25, -0.2) is 0 Å². The number of aromatic nitrogens is 1. The summed E-state index contributed by atoms with van der Waals surface area (Å²) in [5.74, 6) is 1.01. The number of hydrogen-bond donors (Lipinski definition) is 0. The lowest BCUT2D eigenvalue weighted by atomic mass is 9.83. The molecule has 0 bridgehead atoms. The van der Waals surface area contributed by atoms with Gasteiger partial charge in [0.15, 0.2) is 5.69 Å². The van der Waals surface area contributed by atoms with Crippen LogP contribution in [0, 0.1) is 17.8 Å². The van der Waals surface area contributed by atoms with Gasteiger partial charge in [-0.15, -0.1) is 0 Å². The second-order valence-electron chi connectivity index (χ2n) is 7.99. The maximum atomic E-state index is 13.1. The summed E-state index contributed by atoms with van der Waals surface area (Å²) in [6.07, 6.45) is 4.62. The molecule has 2 aliphatic heterocycles. The molecule has 3 aliphatic rings. The first-order valence-electron chi connectivity index (χ1n) is 9.77. The highest BCUT2D eigenvalue weighted by Crippen LogP contribution is 2.46. The van der Waals surface area contributed by atoms with E-state index in [1.165, 1.54) is 11.8 Å². The maximum absolute atomic E-state index is 13.1. The monoisotopic (exact) mass is 365 g/mol. The fraction of sp³-hybridized carbons (Fsp3) is 0.476. The van der Waals surface area contributed by atoms with E-state index in [1.54, 1.807) is 6.07 Å². The van der Waals surface area contributed by atoms with Gasteiger partial charge in [-0.3, -0.25) is 9.59 Å². The normalized spacial score (nSPS) is 27.5. The minimum absolute atomic E-state index is 0.0550. The summed E-state index contributed by atoms with van der Waals surface area (Å²) in [4.78, 5) is 29.7. The molecule has 2 aromatic rings. The van der Waals surface area contributed by atoms with E-state index in [0.717, 1.165) is 25.8 Å². The summed E-state index contributed by atoms with van der Waals surface area (Å²) in [5, 5.41) is 3.79. The Balaban J connectivity index is 1.41. The number of likely N-dealkylation sites (tertiary alicyclic amines) is 2. The van der Waals surface area contributed by atoms with Crippen molar-refractivity contribution in [3.05, 3.63) is 53.9 Å². The summed E-state index contributed by atoms with van der Waals surface area (Å²) in [6.45, 7) is 2.07. The number of nitrogens with zero attached hydrogens (tertiary/aromatic N) is 3. The molecule has 140 valence electrons. The van der Waals surface area contributed by atoms with Crippen molar-refractivity contribution < 1.29 is 14.1 Å². The smallest absolute Gasteiger partial charge is 0.276 e. The molecule has 27 heavy (non-hydrogen) atoms. The van der Waals surface area contributed by atoms with Gasteiger partial charge in [0.1, 0.15) is 6.26 Å². The highest BCUT2D eigenvalue weighted by molar-refractivity contribution is 5.92. The van der Waals surface area contributed by atoms with Gasteiger partial charge in [0.2, 0.25) is 5.91 Å². The van der Waals surface area contributed by atoms with Crippen LogP contribution in [0.15, 0.2) is 47.2 Å². The van der Waals surface area contributed by atoms with Crippen molar-refractivity contribution in [2.24, 2.45) is 17.8 Å². The average Bonchev–Trinajstić information content (AvgIpc) is 3.36. The summed E-state index contributed by atoms with van der Waals surface area (Å²) in [5.41, 5.74) is 1.53. The predicted molar refractivity (Wildman–Crippen MR) is 97.6 cm³/mol. The quantitative estimate of drug-likeness (QED) is 0.839. The molecule has 1 saturated carbocycles. The highest BCUT2D eigenvalue weighted by Gasteiger charge is 2.51. The van der Waals surface area contributed by atoms with Gasteiger partial charge in [0.05, 0.1) is 6.04 Å². The van der Waals surface area contributed by atoms with Crippen LogP contribution in [0.1, 0.15) is 41.4 Å². The van der Waals surface area contributed by atoms with Gasteiger partial charge >= 0.3 is 0 Å². The molecular weight excluding hydrogens is 342 g/mol. The lowest BCUT2D eigenvalue weighted by Gasteiger charge is -2.35. The van der Waals surface area contributed by atoms with E-state index in [1.807, 2.05) is 23.1 Å². The van der Waals surface area contributed by atoms with Crippen LogP contribution >= 0.6 is 0 Å². The van der Waals surface area contributed by atoms with Crippen LogP contribution in [-0.4, -0.2) is 46.4 Å². The number of amides is 2. The van der Waals surface area contributed by atoms with Crippen molar-refractivity contribution >= 4 is 11.8 Å². The van der Waals surface area contributed by atoms with Crippen LogP contribution in [-0.2, 0) is 4.79 Å². The molecule has 1 aromatic heterocycles. The Morgan fingerprint density at radius 2 is 1.85 bits per heavy atom. The van der Waals surface area contributed by atoms with Gasteiger partial charge in [-0.1, -0.05) is 41.9 Å². The Hall–Kier alpha value is -2.63. The minimum Gasteiger partial charge on any atom is -0.364 e. The largest absolute Gasteiger partial charge is 0.364 e. The SMILES string of the molecule is O=C(c1ccon1)N1C[C@H]2CN(C(=O)C3CCC3)[C@H](c3ccccc3)[C@H]2C1. The third-order valence-electron chi connectivity index (χ3n) is 6.49. The molecule has 0 N–H and O–H groups in total. The summed E-state index contributed by atoms with van der Waals surface area (Å²) >= 11 is 0. The molecule has 3 atom stereocenters. The topological polar surface area (TPSA) is 66.7 Å². The van der Waals surface area contributed by atoms with Crippen molar-refractivity contribution in [2.75, 3.05) is 19.6 Å². The second-order valence-corrected chi connectivity index (χ2v) is 7.99. The van der Waals surface area contributed by atoms with Crippen LogP contribution in [0.2, 0.25) is 0 Å². The van der Waals surface area contributed by atoms with Crippen LogP contribution in [0.4, 0.5) is 0 Å². The summed E-state index contributed by atoms with van der Waals surface area (Å²) < 4.78 is 4.82. The molecule has 5 rings (SSSR count). The average molecular weight is 365 g/mol. The van der Waals surface area contributed by atoms with Crippen LogP contribution in [0.3, 0.4) is 0 Å². The zero-order valence-electron chi connectivity index (χ0n) is 15.2. The third-order valence-corrected chi connectivity index (χ3v) is 6.49. The number of fused-ring (bicyclic) bond motifs is 1. The van der Waals surface area contributed by atoms with Gasteiger partial charge in [-0.2, -0.15) is 0 Å². The number of rotatable bonds is 3. The van der Waals surface area contributed by atoms with Crippen molar-refractivity contribution in [3.8, 4) is 0 Å². The highest BCUT2D eigenvalue weighted by atomic mass is 16.5. The van der Waals surface area contributed by atoms with E-state index in [4.69, 9.17) is 4.52 Å². The molecule has 6 heteroatoms. The second kappa shape index (κ2) is 6.51. The van der Waals surface area contributed by atoms with Crippen molar-refractivity contribution in [3.63, 3.8) is 0 Å². The zero-order chi connectivity index (χ0) is 18.4. The first-order valence-corrected chi connectivity index (χ1v) is 9.77. The van der Waals surface area contributed by atoms with E-state index in [0.29, 0.717) is 30.6 Å². The van der Waals surface area contributed by atoms with Gasteiger partial charge in [-0.05, 0) is 18.4 Å². The number of carbonyl (C=O) groups is 2. The molecule has 0 radical (unpaired) electrons. The Morgan fingerprint density at radius 1 is 1.04 bits per heavy atom. The lowest BCUT2D eigenvalue weighted by Crippen LogP contribution is -2.41. The fourth-order valence-corrected chi connectivity index (χ4v) is 4.89. The van der Waals surface area contributed by atoms with Crippen molar-refractivity contribution in [2.45, 2.75) is 25.3 Å². The van der Waals surface area contributed by atoms with Crippen molar-refractivity contribution in [1.82, 2.24) is 15.0 Å². The zero-order valence-corrected chi connectivity index (χ0v) is 15.2. The standard InChI is InChI=1S/C21H23N3O3/c25-20(15-7-4-8-15)24-12-16-11-23(21(26)18-9-10-27-22-18)13-17(16)19(24)14-5-2-1-3-6-14/h1-3,5-6,9-10,15-17,19H,4,7-8,11-13H2/t16-,17-,19+/m0/s1. The Morgan fingerprint density at radius 3 is 2.52 bits per heavy atom. The van der Waals surface area contributed by atoms with E-state index < -0.39 is 0 Å². The van der Waals surface area contributed by atoms with Crippen LogP contribution < -0.4 is 0 Å². The molecule has 2 amide bonds. The fourth-order valence-electron chi connectivity index (χ4n) is 4.89. The number of benzene rings is 1. The molecule has 6 nitrogen and oxygen atoms in total. The van der Waals surface area contributed by atoms with E-state index in [2.05, 4.69) is 22.2 Å². The maximum Gasteiger partial charge on any atom is 0.276 e. The Kier molecular flexibility index (Phi) is 3.99. The van der Waals surface area contributed by atoms with Gasteiger partial charge < -0.3 is 14.3 Å². The summed E-state index contributed by atoms with van der Waals surface area (Å²) in [6, 6.07) is 11.9. The molecular formula is C21H23N3O3. The molecule has 3 heterocycles. The molecule has 0 unspecified atom stereocenters. The van der Waals surface area contributed by atoms with Crippen LogP contribution in [0.25, 0.3) is 0 Å². The Bertz CT molecular complexity index is 832.